The van der Waals surface area contributed by atoms with Crippen molar-refractivity contribution >= 4 is 36.0 Å². The Morgan fingerprint density at radius 2 is 2.10 bits per heavy atom. The first kappa shape index (κ1) is 13.0. The first-order valence-electron chi connectivity index (χ1n) is 6.01. The molecule has 1 aliphatic rings. The third kappa shape index (κ3) is 2.03. The van der Waals surface area contributed by atoms with Crippen molar-refractivity contribution < 1.29 is 9.76 Å². The molecule has 0 amide bonds. The van der Waals surface area contributed by atoms with Crippen molar-refractivity contribution in [1.82, 2.24) is 4.98 Å². The second-order valence-electron chi connectivity index (χ2n) is 4.24. The molecular weight excluding hydrogens is 276 g/mol. The van der Waals surface area contributed by atoms with Crippen LogP contribution in [0.1, 0.15) is 5.56 Å². The van der Waals surface area contributed by atoms with Crippen molar-refractivity contribution in [3.8, 4) is 5.75 Å². The Hall–Kier alpha value is -2.05. The quantitative estimate of drug-likeness (QED) is 0.668. The van der Waals surface area contributed by atoms with Crippen LogP contribution in [-0.2, 0) is 0 Å². The highest BCUT2D eigenvalue weighted by Crippen LogP contribution is 2.29. The van der Waals surface area contributed by atoms with Gasteiger partial charge in [-0.3, -0.25) is 4.92 Å². The van der Waals surface area contributed by atoms with Gasteiger partial charge in [0.25, 0.3) is 0 Å². The molecule has 0 unspecified atom stereocenters. The van der Waals surface area contributed by atoms with Gasteiger partial charge in [-0.1, -0.05) is 23.7 Å². The van der Waals surface area contributed by atoms with E-state index in [9.17, 15) is 5.02 Å². The maximum Gasteiger partial charge on any atom is 0.474 e. The van der Waals surface area contributed by atoms with Gasteiger partial charge in [0.15, 0.2) is 0 Å². The summed E-state index contributed by atoms with van der Waals surface area (Å²) in [4.78, 5) is 5.45. The van der Waals surface area contributed by atoms with Crippen LogP contribution >= 0.6 is 11.6 Å². The van der Waals surface area contributed by atoms with Gasteiger partial charge in [0.1, 0.15) is 10.9 Å². The van der Waals surface area contributed by atoms with Crippen LogP contribution in [-0.4, -0.2) is 30.4 Å². The van der Waals surface area contributed by atoms with Gasteiger partial charge in [-0.2, -0.15) is 5.10 Å². The summed E-state index contributed by atoms with van der Waals surface area (Å²) in [5.41, 5.74) is 1.95. The van der Waals surface area contributed by atoms with Crippen LogP contribution in [0.15, 0.2) is 41.6 Å². The number of hydrogen-bond acceptors (Lipinski definition) is 5. The summed E-state index contributed by atoms with van der Waals surface area (Å²) in [6, 6.07) is 9.07. The number of methoxy groups -OCH3 is 1. The predicted molar refractivity (Wildman–Crippen MR) is 79.9 cm³/mol. The van der Waals surface area contributed by atoms with E-state index in [2.05, 4.69) is 10.1 Å². The predicted octanol–water partition coefficient (Wildman–Crippen LogP) is 1.29. The van der Waals surface area contributed by atoms with E-state index in [-0.39, 0.29) is 5.15 Å². The SMILES string of the molecule is COc1ccccc1N1N=Cc2ccnc(Cl)c2B1O. The van der Waals surface area contributed by atoms with E-state index in [0.717, 1.165) is 5.56 Å². The number of hydrogen-bond donors (Lipinski definition) is 1. The second kappa shape index (κ2) is 5.15. The van der Waals surface area contributed by atoms with Crippen LogP contribution in [0.4, 0.5) is 5.69 Å². The zero-order chi connectivity index (χ0) is 14.1. The molecule has 5 nitrogen and oxygen atoms in total. The molecule has 1 N–H and O–H groups in total. The lowest BCUT2D eigenvalue weighted by Gasteiger charge is -2.27. The van der Waals surface area contributed by atoms with E-state index >= 15 is 0 Å². The van der Waals surface area contributed by atoms with Gasteiger partial charge in [0, 0.05) is 11.7 Å². The molecule has 2 aromatic rings. The molecule has 100 valence electrons. The summed E-state index contributed by atoms with van der Waals surface area (Å²) in [6.07, 6.45) is 3.22. The highest BCUT2D eigenvalue weighted by molar-refractivity contribution is 6.74. The molecule has 0 spiro atoms. The normalized spacial score (nSPS) is 13.3. The number of nitrogens with zero attached hydrogens (tertiary/aromatic N) is 3. The molecule has 0 saturated carbocycles. The van der Waals surface area contributed by atoms with Gasteiger partial charge in [-0.15, -0.1) is 0 Å². The van der Waals surface area contributed by atoms with Crippen LogP contribution < -0.4 is 15.1 Å². The number of hydrazone groups is 1. The van der Waals surface area contributed by atoms with Crippen molar-refractivity contribution in [3.63, 3.8) is 0 Å². The molecule has 1 aromatic carbocycles. The molecule has 0 saturated heterocycles. The largest absolute Gasteiger partial charge is 0.495 e. The molecule has 0 aliphatic carbocycles. The van der Waals surface area contributed by atoms with E-state index in [0.29, 0.717) is 16.9 Å². The minimum atomic E-state index is -1.01. The van der Waals surface area contributed by atoms with E-state index in [1.807, 2.05) is 18.2 Å². The van der Waals surface area contributed by atoms with E-state index in [1.165, 1.54) is 4.92 Å². The van der Waals surface area contributed by atoms with Crippen LogP contribution in [0.2, 0.25) is 5.15 Å². The summed E-state index contributed by atoms with van der Waals surface area (Å²) in [5.74, 6) is 0.618. The third-order valence-corrected chi connectivity index (χ3v) is 3.42. The Labute approximate surface area is 121 Å². The maximum absolute atomic E-state index is 10.5. The fourth-order valence-electron chi connectivity index (χ4n) is 2.15. The Morgan fingerprint density at radius 3 is 2.90 bits per heavy atom. The van der Waals surface area contributed by atoms with E-state index < -0.39 is 7.05 Å². The van der Waals surface area contributed by atoms with Crippen LogP contribution in [0.3, 0.4) is 0 Å². The standard InChI is InChI=1S/C13H11BClN3O2/c1-20-11-5-3-2-4-10(11)18-14(19)12-9(8-17-18)6-7-16-13(12)15/h2-8,19H,1H3. The number of ether oxygens (including phenoxy) is 1. The molecule has 3 rings (SSSR count). The van der Waals surface area contributed by atoms with Gasteiger partial charge in [-0.05, 0) is 23.8 Å². The van der Waals surface area contributed by atoms with Crippen molar-refractivity contribution in [3.05, 3.63) is 47.2 Å². The molecule has 0 atom stereocenters. The Morgan fingerprint density at radius 1 is 1.30 bits per heavy atom. The number of halogens is 1. The molecule has 20 heavy (non-hydrogen) atoms. The van der Waals surface area contributed by atoms with Gasteiger partial charge in [-0.25, -0.2) is 4.98 Å². The van der Waals surface area contributed by atoms with Crippen molar-refractivity contribution in [2.45, 2.75) is 0 Å². The van der Waals surface area contributed by atoms with E-state index in [4.69, 9.17) is 16.3 Å². The van der Waals surface area contributed by atoms with Gasteiger partial charge in [0.2, 0.25) is 0 Å². The molecule has 0 bridgehead atoms. The summed E-state index contributed by atoms with van der Waals surface area (Å²) in [6.45, 7) is 0. The van der Waals surface area contributed by atoms with Crippen molar-refractivity contribution in [2.75, 3.05) is 12.0 Å². The summed E-state index contributed by atoms with van der Waals surface area (Å²) in [5, 5.41) is 15.0. The molecule has 0 radical (unpaired) electrons. The molecular formula is C13H11BClN3O2. The lowest BCUT2D eigenvalue weighted by atomic mass is 9.70. The number of fused-ring (bicyclic) bond motifs is 1. The Bertz CT molecular complexity index is 680. The number of rotatable bonds is 2. The first-order valence-corrected chi connectivity index (χ1v) is 6.39. The molecule has 2 heterocycles. The summed E-state index contributed by atoms with van der Waals surface area (Å²) < 4.78 is 5.29. The molecule has 0 fully saturated rings. The second-order valence-corrected chi connectivity index (χ2v) is 4.60. The highest BCUT2D eigenvalue weighted by Gasteiger charge is 2.34. The number of benzene rings is 1. The first-order chi connectivity index (χ1) is 9.72. The topological polar surface area (TPSA) is 58.0 Å². The lowest BCUT2D eigenvalue weighted by Crippen LogP contribution is -2.51. The van der Waals surface area contributed by atoms with Gasteiger partial charge in [0.05, 0.1) is 19.0 Å². The van der Waals surface area contributed by atoms with Crippen LogP contribution in [0.5, 0.6) is 5.75 Å². The number of anilines is 1. The lowest BCUT2D eigenvalue weighted by molar-refractivity contribution is 0.415. The van der Waals surface area contributed by atoms with Crippen molar-refractivity contribution in [2.24, 2.45) is 5.10 Å². The maximum atomic E-state index is 10.5. The minimum absolute atomic E-state index is 0.265. The van der Waals surface area contributed by atoms with Crippen LogP contribution in [0, 0.1) is 0 Å². The average molecular weight is 288 g/mol. The fraction of sp³-hybridized carbons (Fsp3) is 0.0769. The number of pyridine rings is 1. The minimum Gasteiger partial charge on any atom is -0.495 e. The zero-order valence-corrected chi connectivity index (χ0v) is 11.4. The molecule has 1 aliphatic heterocycles. The fourth-order valence-corrected chi connectivity index (χ4v) is 2.42. The Balaban J connectivity index is 2.09. The van der Waals surface area contributed by atoms with Gasteiger partial charge < -0.3 is 9.76 Å². The highest BCUT2D eigenvalue weighted by atomic mass is 35.5. The smallest absolute Gasteiger partial charge is 0.474 e. The Kier molecular flexibility index (Phi) is 3.34. The summed E-state index contributed by atoms with van der Waals surface area (Å²) in [7, 11) is 0.564. The number of para-hydroxylation sites is 2. The molecule has 1 aromatic heterocycles. The van der Waals surface area contributed by atoms with Gasteiger partial charge >= 0.3 is 7.05 Å². The van der Waals surface area contributed by atoms with Crippen LogP contribution in [0.25, 0.3) is 0 Å². The summed E-state index contributed by atoms with van der Waals surface area (Å²) >= 11 is 6.07. The van der Waals surface area contributed by atoms with E-state index in [1.54, 1.807) is 31.7 Å². The monoisotopic (exact) mass is 287 g/mol. The van der Waals surface area contributed by atoms with Crippen molar-refractivity contribution in [1.29, 1.82) is 0 Å². The zero-order valence-electron chi connectivity index (χ0n) is 10.7. The average Bonchev–Trinajstić information content (AvgIpc) is 2.48. The molecule has 7 heteroatoms. The third-order valence-electron chi connectivity index (χ3n) is 3.12. The number of aromatic nitrogens is 1.